The first-order valence-electron chi connectivity index (χ1n) is 6.29. The number of rotatable bonds is 4. The third-order valence-electron chi connectivity index (χ3n) is 2.72. The van der Waals surface area contributed by atoms with Crippen molar-refractivity contribution in [3.8, 4) is 5.75 Å². The summed E-state index contributed by atoms with van der Waals surface area (Å²) in [7, 11) is 0. The van der Waals surface area contributed by atoms with Gasteiger partial charge < -0.3 is 14.6 Å². The summed E-state index contributed by atoms with van der Waals surface area (Å²) < 4.78 is 48.9. The molecule has 1 amide bonds. The minimum atomic E-state index is -4.64. The first kappa shape index (κ1) is 16.1. The summed E-state index contributed by atoms with van der Waals surface area (Å²) in [6.45, 7) is 0.915. The lowest BCUT2D eigenvalue weighted by Crippen LogP contribution is -2.30. The Bertz CT molecular complexity index is 599. The van der Waals surface area contributed by atoms with E-state index >= 15 is 0 Å². The maximum atomic E-state index is 13.1. The molecule has 1 aliphatic heterocycles. The molecule has 6 nitrogen and oxygen atoms in total. The molecule has 1 aromatic carbocycles. The molecule has 0 fully saturated rings. The van der Waals surface area contributed by atoms with E-state index in [9.17, 15) is 18.0 Å². The van der Waals surface area contributed by atoms with Crippen molar-refractivity contribution < 1.29 is 32.5 Å². The Morgan fingerprint density at radius 3 is 2.77 bits per heavy atom. The molecule has 0 saturated heterocycles. The Morgan fingerprint density at radius 1 is 1.50 bits per heavy atom. The van der Waals surface area contributed by atoms with Crippen molar-refractivity contribution in [3.05, 3.63) is 29.3 Å². The zero-order chi connectivity index (χ0) is 16.3. The largest absolute Gasteiger partial charge is 0.490 e. The Balaban J connectivity index is 2.33. The Hall–Kier alpha value is -2.29. The molecule has 0 spiro atoms. The minimum Gasteiger partial charge on any atom is -0.490 e. The molecule has 1 atom stereocenters. The van der Waals surface area contributed by atoms with Gasteiger partial charge in [-0.3, -0.25) is 0 Å². The van der Waals surface area contributed by atoms with Crippen LogP contribution in [0.2, 0.25) is 0 Å². The Labute approximate surface area is 123 Å². The number of halogens is 3. The lowest BCUT2D eigenvalue weighted by Gasteiger charge is -2.18. The van der Waals surface area contributed by atoms with E-state index in [1.165, 1.54) is 13.0 Å². The van der Waals surface area contributed by atoms with E-state index in [4.69, 9.17) is 9.84 Å². The van der Waals surface area contributed by atoms with Crippen molar-refractivity contribution in [1.29, 1.82) is 0 Å². The normalized spacial score (nSPS) is 16.4. The second-order valence-corrected chi connectivity index (χ2v) is 4.62. The average molecular weight is 318 g/mol. The van der Waals surface area contributed by atoms with Crippen LogP contribution < -0.4 is 10.2 Å². The van der Waals surface area contributed by atoms with Crippen molar-refractivity contribution in [3.63, 3.8) is 0 Å². The van der Waals surface area contributed by atoms with Gasteiger partial charge in [0, 0.05) is 5.56 Å². The van der Waals surface area contributed by atoms with Crippen LogP contribution in [0, 0.1) is 0 Å². The van der Waals surface area contributed by atoms with Gasteiger partial charge in [0.25, 0.3) is 0 Å². The summed E-state index contributed by atoms with van der Waals surface area (Å²) in [6, 6.07) is 3.36. The van der Waals surface area contributed by atoms with Crippen molar-refractivity contribution in [2.24, 2.45) is 5.10 Å². The molecular weight excluding hydrogens is 305 g/mol. The quantitative estimate of drug-likeness (QED) is 0.889. The molecule has 120 valence electrons. The standard InChI is InChI=1S/C13H13F3N2O4/c1-7(19)5-21-11-3-2-8(4-9(11)13(14,15)16)10-6-22-12(20)18-17-10/h2-4,7,19H,5-6H2,1H3,(H,18,20)/t7-/m0/s1. The molecule has 0 unspecified atom stereocenters. The van der Waals surface area contributed by atoms with Gasteiger partial charge in [-0.05, 0) is 25.1 Å². The van der Waals surface area contributed by atoms with E-state index in [1.807, 2.05) is 5.43 Å². The Kier molecular flexibility index (Phi) is 4.55. The lowest BCUT2D eigenvalue weighted by molar-refractivity contribution is -0.139. The van der Waals surface area contributed by atoms with Gasteiger partial charge in [-0.1, -0.05) is 0 Å². The highest BCUT2D eigenvalue weighted by molar-refractivity contribution is 6.03. The third kappa shape index (κ3) is 3.88. The summed E-state index contributed by atoms with van der Waals surface area (Å²) in [5.41, 5.74) is 1.34. The van der Waals surface area contributed by atoms with E-state index in [0.717, 1.165) is 12.1 Å². The van der Waals surface area contributed by atoms with E-state index < -0.39 is 29.7 Å². The van der Waals surface area contributed by atoms with Crippen LogP contribution in [0.3, 0.4) is 0 Å². The number of hydrogen-bond donors (Lipinski definition) is 2. The maximum Gasteiger partial charge on any atom is 0.428 e. The average Bonchev–Trinajstić information content (AvgIpc) is 2.45. The van der Waals surface area contributed by atoms with Crippen LogP contribution in [0.5, 0.6) is 5.75 Å². The van der Waals surface area contributed by atoms with Crippen molar-refractivity contribution in [1.82, 2.24) is 5.43 Å². The van der Waals surface area contributed by atoms with E-state index in [0.29, 0.717) is 0 Å². The smallest absolute Gasteiger partial charge is 0.428 e. The number of carbonyl (C=O) groups excluding carboxylic acids is 1. The fourth-order valence-corrected chi connectivity index (χ4v) is 1.73. The van der Waals surface area contributed by atoms with Crippen LogP contribution in [-0.2, 0) is 10.9 Å². The van der Waals surface area contributed by atoms with Crippen LogP contribution in [0.1, 0.15) is 18.1 Å². The molecule has 2 rings (SSSR count). The number of nitrogens with one attached hydrogen (secondary N) is 1. The van der Waals surface area contributed by atoms with Gasteiger partial charge >= 0.3 is 12.3 Å². The lowest BCUT2D eigenvalue weighted by atomic mass is 10.1. The van der Waals surface area contributed by atoms with Gasteiger partial charge in [-0.25, -0.2) is 10.2 Å². The summed E-state index contributed by atoms with van der Waals surface area (Å²) >= 11 is 0. The number of cyclic esters (lactones) is 1. The number of carbonyl (C=O) groups is 1. The topological polar surface area (TPSA) is 80.2 Å². The predicted molar refractivity (Wildman–Crippen MR) is 69.6 cm³/mol. The van der Waals surface area contributed by atoms with Crippen molar-refractivity contribution >= 4 is 11.8 Å². The summed E-state index contributed by atoms with van der Waals surface area (Å²) in [6.07, 6.45) is -6.30. The number of hydrogen-bond acceptors (Lipinski definition) is 5. The fourth-order valence-electron chi connectivity index (χ4n) is 1.73. The molecule has 0 radical (unpaired) electrons. The molecule has 0 aromatic heterocycles. The monoisotopic (exact) mass is 318 g/mol. The number of amides is 1. The molecule has 0 saturated carbocycles. The molecule has 1 aromatic rings. The first-order valence-corrected chi connectivity index (χ1v) is 6.29. The highest BCUT2D eigenvalue weighted by atomic mass is 19.4. The number of ether oxygens (including phenoxy) is 2. The summed E-state index contributed by atoms with van der Waals surface area (Å²) in [5.74, 6) is -0.390. The van der Waals surface area contributed by atoms with Crippen LogP contribution in [-0.4, -0.2) is 36.2 Å². The van der Waals surface area contributed by atoms with E-state index in [-0.39, 0.29) is 24.5 Å². The van der Waals surface area contributed by atoms with Crippen LogP contribution in [0.15, 0.2) is 23.3 Å². The number of alkyl halides is 3. The van der Waals surface area contributed by atoms with Gasteiger partial charge in [0.2, 0.25) is 0 Å². The zero-order valence-electron chi connectivity index (χ0n) is 11.5. The highest BCUT2D eigenvalue weighted by Crippen LogP contribution is 2.37. The number of benzene rings is 1. The van der Waals surface area contributed by atoms with Gasteiger partial charge in [0.15, 0.2) is 0 Å². The molecule has 9 heteroatoms. The van der Waals surface area contributed by atoms with Crippen LogP contribution in [0.25, 0.3) is 0 Å². The second-order valence-electron chi connectivity index (χ2n) is 4.62. The van der Waals surface area contributed by atoms with Crippen molar-refractivity contribution in [2.45, 2.75) is 19.2 Å². The SMILES string of the molecule is C[C@H](O)COc1ccc(C2=NNC(=O)OC2)cc1C(F)(F)F. The highest BCUT2D eigenvalue weighted by Gasteiger charge is 2.35. The molecular formula is C13H13F3N2O4. The minimum absolute atomic E-state index is 0.150. The number of aliphatic hydroxyl groups excluding tert-OH is 1. The van der Waals surface area contributed by atoms with Crippen LogP contribution in [0.4, 0.5) is 18.0 Å². The molecule has 22 heavy (non-hydrogen) atoms. The molecule has 1 aliphatic rings. The van der Waals surface area contributed by atoms with E-state index in [1.54, 1.807) is 0 Å². The Morgan fingerprint density at radius 2 is 2.23 bits per heavy atom. The van der Waals surface area contributed by atoms with Gasteiger partial charge in [-0.2, -0.15) is 18.3 Å². The second kappa shape index (κ2) is 6.22. The number of aliphatic hydroxyl groups is 1. The fraction of sp³-hybridized carbons (Fsp3) is 0.385. The van der Waals surface area contributed by atoms with Crippen molar-refractivity contribution in [2.75, 3.05) is 13.2 Å². The molecule has 1 heterocycles. The van der Waals surface area contributed by atoms with E-state index in [2.05, 4.69) is 9.84 Å². The molecule has 0 aliphatic carbocycles. The third-order valence-corrected chi connectivity index (χ3v) is 2.72. The summed E-state index contributed by atoms with van der Waals surface area (Å²) in [4.78, 5) is 10.8. The van der Waals surface area contributed by atoms with Gasteiger partial charge in [0.1, 0.15) is 24.7 Å². The predicted octanol–water partition coefficient (Wildman–Crippen LogP) is 1.91. The number of hydrazone groups is 1. The number of nitrogens with zero attached hydrogens (tertiary/aromatic N) is 1. The van der Waals surface area contributed by atoms with Gasteiger partial charge in [-0.15, -0.1) is 0 Å². The van der Waals surface area contributed by atoms with Gasteiger partial charge in [0.05, 0.1) is 11.7 Å². The zero-order valence-corrected chi connectivity index (χ0v) is 11.5. The summed E-state index contributed by atoms with van der Waals surface area (Å²) in [5, 5.41) is 12.8. The van der Waals surface area contributed by atoms with Crippen LogP contribution >= 0.6 is 0 Å². The molecule has 2 N–H and O–H groups in total. The maximum absolute atomic E-state index is 13.1. The first-order chi connectivity index (χ1) is 10.3. The molecule has 0 bridgehead atoms.